The van der Waals surface area contributed by atoms with E-state index in [1.807, 2.05) is 0 Å². The van der Waals surface area contributed by atoms with Crippen molar-refractivity contribution in [2.45, 2.75) is 25.9 Å². The van der Waals surface area contributed by atoms with E-state index < -0.39 is 11.5 Å². The van der Waals surface area contributed by atoms with Crippen molar-refractivity contribution >= 4 is 21.9 Å². The second kappa shape index (κ2) is 5.14. The van der Waals surface area contributed by atoms with Crippen LogP contribution < -0.4 is 0 Å². The Labute approximate surface area is 108 Å². The van der Waals surface area contributed by atoms with Crippen LogP contribution in [0.3, 0.4) is 0 Å². The standard InChI is InChI=1S/C12H15BrFNO2/c1-12(2,11(16)17)15(3)7-8-4-5-9(13)10(14)6-8/h4-6H,7H2,1-3H3,(H,16,17). The number of carbonyl (C=O) groups is 1. The lowest BCUT2D eigenvalue weighted by Crippen LogP contribution is -2.47. The highest BCUT2D eigenvalue weighted by Crippen LogP contribution is 2.20. The molecule has 0 aromatic heterocycles. The number of carboxylic acid groups (broad SMARTS) is 1. The molecular weight excluding hydrogens is 289 g/mol. The smallest absolute Gasteiger partial charge is 0.323 e. The van der Waals surface area contributed by atoms with Crippen LogP contribution in [0.25, 0.3) is 0 Å². The molecule has 0 unspecified atom stereocenters. The first-order chi connectivity index (χ1) is 7.75. The fourth-order valence-corrected chi connectivity index (χ4v) is 1.52. The third-order valence-corrected chi connectivity index (χ3v) is 3.52. The van der Waals surface area contributed by atoms with Crippen molar-refractivity contribution in [3.63, 3.8) is 0 Å². The number of rotatable bonds is 4. The predicted octanol–water partition coefficient (Wildman–Crippen LogP) is 2.88. The monoisotopic (exact) mass is 303 g/mol. The molecule has 0 heterocycles. The maximum atomic E-state index is 13.3. The summed E-state index contributed by atoms with van der Waals surface area (Å²) in [5, 5.41) is 9.07. The van der Waals surface area contributed by atoms with Crippen molar-refractivity contribution in [2.24, 2.45) is 0 Å². The Morgan fingerprint density at radius 1 is 1.53 bits per heavy atom. The predicted molar refractivity (Wildman–Crippen MR) is 67.3 cm³/mol. The van der Waals surface area contributed by atoms with Crippen molar-refractivity contribution < 1.29 is 14.3 Å². The Kier molecular flexibility index (Phi) is 4.27. The second-order valence-electron chi connectivity index (χ2n) is 4.47. The summed E-state index contributed by atoms with van der Waals surface area (Å²) < 4.78 is 13.7. The second-order valence-corrected chi connectivity index (χ2v) is 5.32. The van der Waals surface area contributed by atoms with Gasteiger partial charge >= 0.3 is 5.97 Å². The Morgan fingerprint density at radius 3 is 2.59 bits per heavy atom. The van der Waals surface area contributed by atoms with Gasteiger partial charge in [0.25, 0.3) is 0 Å². The number of hydrogen-bond acceptors (Lipinski definition) is 2. The molecular formula is C12H15BrFNO2. The van der Waals surface area contributed by atoms with Crippen molar-refractivity contribution in [3.05, 3.63) is 34.1 Å². The third-order valence-electron chi connectivity index (χ3n) is 2.88. The minimum atomic E-state index is -0.983. The highest BCUT2D eigenvalue weighted by molar-refractivity contribution is 9.10. The van der Waals surface area contributed by atoms with E-state index in [0.29, 0.717) is 11.0 Å². The Balaban J connectivity index is 2.84. The van der Waals surface area contributed by atoms with Crippen LogP contribution in [0, 0.1) is 5.82 Å². The van der Waals surface area contributed by atoms with Gasteiger partial charge in [0.2, 0.25) is 0 Å². The Hall–Kier alpha value is -0.940. The van der Waals surface area contributed by atoms with E-state index in [1.165, 1.54) is 6.07 Å². The normalized spacial score (nSPS) is 11.9. The zero-order valence-electron chi connectivity index (χ0n) is 10.00. The summed E-state index contributed by atoms with van der Waals surface area (Å²) in [7, 11) is 1.70. The number of carboxylic acids is 1. The summed E-state index contributed by atoms with van der Waals surface area (Å²) in [6, 6.07) is 4.78. The number of halogens is 2. The SMILES string of the molecule is CN(Cc1ccc(Br)c(F)c1)C(C)(C)C(=O)O. The molecule has 0 saturated heterocycles. The molecule has 0 spiro atoms. The van der Waals surface area contributed by atoms with E-state index >= 15 is 0 Å². The van der Waals surface area contributed by atoms with Crippen molar-refractivity contribution in [2.75, 3.05) is 7.05 Å². The summed E-state index contributed by atoms with van der Waals surface area (Å²) in [5.74, 6) is -1.25. The van der Waals surface area contributed by atoms with E-state index in [9.17, 15) is 9.18 Å². The van der Waals surface area contributed by atoms with E-state index in [0.717, 1.165) is 5.56 Å². The summed E-state index contributed by atoms with van der Waals surface area (Å²) in [6.45, 7) is 3.61. The lowest BCUT2D eigenvalue weighted by atomic mass is 10.0. The molecule has 0 amide bonds. The fraction of sp³-hybridized carbons (Fsp3) is 0.417. The van der Waals surface area contributed by atoms with Crippen LogP contribution in [-0.2, 0) is 11.3 Å². The zero-order chi connectivity index (χ0) is 13.2. The summed E-state index contributed by atoms with van der Waals surface area (Å²) in [6.07, 6.45) is 0. The van der Waals surface area contributed by atoms with Crippen molar-refractivity contribution in [1.82, 2.24) is 4.90 Å². The van der Waals surface area contributed by atoms with E-state index in [2.05, 4.69) is 15.9 Å². The molecule has 3 nitrogen and oxygen atoms in total. The Morgan fingerprint density at radius 2 is 2.12 bits per heavy atom. The summed E-state index contributed by atoms with van der Waals surface area (Å²) in [5.41, 5.74) is -0.244. The quantitative estimate of drug-likeness (QED) is 0.930. The molecule has 1 aromatic rings. The molecule has 0 bridgehead atoms. The van der Waals surface area contributed by atoms with Gasteiger partial charge in [-0.2, -0.15) is 0 Å². The van der Waals surface area contributed by atoms with Crippen LogP contribution in [0.5, 0.6) is 0 Å². The van der Waals surface area contributed by atoms with Crippen molar-refractivity contribution in [1.29, 1.82) is 0 Å². The molecule has 0 fully saturated rings. The minimum absolute atomic E-state index is 0.343. The van der Waals surface area contributed by atoms with E-state index in [1.54, 1.807) is 37.9 Å². The van der Waals surface area contributed by atoms with Crippen molar-refractivity contribution in [3.8, 4) is 0 Å². The lowest BCUT2D eigenvalue weighted by molar-refractivity contribution is -0.148. The maximum Gasteiger partial charge on any atom is 0.323 e. The van der Waals surface area contributed by atoms with Crippen LogP contribution in [0.2, 0.25) is 0 Å². The molecule has 1 N–H and O–H groups in total. The van der Waals surface area contributed by atoms with Gasteiger partial charge in [-0.15, -0.1) is 0 Å². The number of nitrogens with zero attached hydrogens (tertiary/aromatic N) is 1. The van der Waals surface area contributed by atoms with Gasteiger partial charge in [-0.1, -0.05) is 6.07 Å². The van der Waals surface area contributed by atoms with E-state index in [4.69, 9.17) is 5.11 Å². The zero-order valence-corrected chi connectivity index (χ0v) is 11.6. The first kappa shape index (κ1) is 14.1. The highest BCUT2D eigenvalue weighted by atomic mass is 79.9. The molecule has 0 aliphatic rings. The first-order valence-corrected chi connectivity index (χ1v) is 5.93. The van der Waals surface area contributed by atoms with Gasteiger partial charge in [0.15, 0.2) is 0 Å². The molecule has 0 saturated carbocycles. The minimum Gasteiger partial charge on any atom is -0.480 e. The van der Waals surface area contributed by atoms with Gasteiger partial charge in [0.05, 0.1) is 4.47 Å². The average molecular weight is 304 g/mol. The average Bonchev–Trinajstić information content (AvgIpc) is 2.23. The number of likely N-dealkylation sites (N-methyl/N-ethyl adjacent to an activating group) is 1. The molecule has 17 heavy (non-hydrogen) atoms. The first-order valence-electron chi connectivity index (χ1n) is 5.13. The van der Waals surface area contributed by atoms with Gasteiger partial charge in [-0.25, -0.2) is 4.39 Å². The molecule has 1 aromatic carbocycles. The van der Waals surface area contributed by atoms with Crippen LogP contribution in [0.15, 0.2) is 22.7 Å². The van der Waals surface area contributed by atoms with Crippen LogP contribution >= 0.6 is 15.9 Å². The summed E-state index contributed by atoms with van der Waals surface area (Å²) in [4.78, 5) is 12.7. The molecule has 1 rings (SSSR count). The molecule has 0 aliphatic heterocycles. The molecule has 0 atom stereocenters. The maximum absolute atomic E-state index is 13.3. The third kappa shape index (κ3) is 3.26. The largest absolute Gasteiger partial charge is 0.480 e. The molecule has 0 radical (unpaired) electrons. The van der Waals surface area contributed by atoms with Gasteiger partial charge in [-0.3, -0.25) is 9.69 Å². The van der Waals surface area contributed by atoms with E-state index in [-0.39, 0.29) is 5.82 Å². The topological polar surface area (TPSA) is 40.5 Å². The molecule has 5 heteroatoms. The number of aliphatic carboxylic acids is 1. The fourth-order valence-electron chi connectivity index (χ4n) is 1.27. The van der Waals surface area contributed by atoms with Gasteiger partial charge in [-0.05, 0) is 54.5 Å². The number of benzene rings is 1. The highest BCUT2D eigenvalue weighted by Gasteiger charge is 2.31. The molecule has 94 valence electrons. The van der Waals surface area contributed by atoms with Crippen LogP contribution in [0.4, 0.5) is 4.39 Å². The molecule has 0 aliphatic carbocycles. The number of hydrogen-bond donors (Lipinski definition) is 1. The Bertz CT molecular complexity index is 435. The van der Waals surface area contributed by atoms with Gasteiger partial charge < -0.3 is 5.11 Å². The van der Waals surface area contributed by atoms with Gasteiger partial charge in [0, 0.05) is 6.54 Å². The summed E-state index contributed by atoms with van der Waals surface area (Å²) >= 11 is 3.08. The van der Waals surface area contributed by atoms with Gasteiger partial charge in [0.1, 0.15) is 11.4 Å². The van der Waals surface area contributed by atoms with Crippen LogP contribution in [0.1, 0.15) is 19.4 Å². The van der Waals surface area contributed by atoms with Crippen LogP contribution in [-0.4, -0.2) is 28.6 Å². The lowest BCUT2D eigenvalue weighted by Gasteiger charge is -2.31.